The number of carboxylic acid groups (broad SMARTS) is 1. The first-order valence-corrected chi connectivity index (χ1v) is 11.5. The summed E-state index contributed by atoms with van der Waals surface area (Å²) in [5, 5.41) is 29.5. The van der Waals surface area contributed by atoms with Crippen molar-refractivity contribution in [1.82, 2.24) is 0 Å². The maximum Gasteiger partial charge on any atom is 0.303 e. The van der Waals surface area contributed by atoms with Crippen molar-refractivity contribution in [2.45, 2.75) is 95.7 Å². The summed E-state index contributed by atoms with van der Waals surface area (Å²) in [5.41, 5.74) is 1.43. The largest absolute Gasteiger partial charge is 0.481 e. The van der Waals surface area contributed by atoms with Gasteiger partial charge >= 0.3 is 5.97 Å². The van der Waals surface area contributed by atoms with Crippen molar-refractivity contribution in [3.8, 4) is 0 Å². The van der Waals surface area contributed by atoms with E-state index >= 15 is 0 Å². The number of allylic oxidation sites excluding steroid dienone is 2. The van der Waals surface area contributed by atoms with Crippen LogP contribution in [0.4, 0.5) is 0 Å². The molecule has 3 rings (SSSR count). The average Bonchev–Trinajstić information content (AvgIpc) is 3.34. The second-order valence-electron chi connectivity index (χ2n) is 9.39. The predicted octanol–water partition coefficient (Wildman–Crippen LogP) is 4.85. The molecule has 0 heterocycles. The number of hydrogen-bond acceptors (Lipinski definition) is 3. The summed E-state index contributed by atoms with van der Waals surface area (Å²) >= 11 is 0. The third-order valence-corrected chi connectivity index (χ3v) is 7.28. The van der Waals surface area contributed by atoms with Crippen LogP contribution in [0.2, 0.25) is 0 Å². The molecule has 4 heteroatoms. The Morgan fingerprint density at radius 2 is 1.96 bits per heavy atom. The van der Waals surface area contributed by atoms with Crippen LogP contribution in [0.15, 0.2) is 23.8 Å². The van der Waals surface area contributed by atoms with Crippen molar-refractivity contribution in [1.29, 1.82) is 0 Å². The van der Waals surface area contributed by atoms with Crippen molar-refractivity contribution in [3.05, 3.63) is 23.8 Å². The fraction of sp³-hybridized carbons (Fsp3) is 0.792. The van der Waals surface area contributed by atoms with Crippen molar-refractivity contribution < 1.29 is 20.1 Å². The summed E-state index contributed by atoms with van der Waals surface area (Å²) in [6.07, 6.45) is 18.9. The minimum atomic E-state index is -0.725. The quantitative estimate of drug-likeness (QED) is 0.368. The van der Waals surface area contributed by atoms with Gasteiger partial charge < -0.3 is 15.3 Å². The molecule has 28 heavy (non-hydrogen) atoms. The number of fused-ring (bicyclic) bond motifs is 1. The highest BCUT2D eigenvalue weighted by molar-refractivity contribution is 5.66. The van der Waals surface area contributed by atoms with Gasteiger partial charge in [-0.3, -0.25) is 4.79 Å². The summed E-state index contributed by atoms with van der Waals surface area (Å²) in [6, 6.07) is 0. The number of aliphatic hydroxyl groups excluding tert-OH is 2. The lowest BCUT2D eigenvalue weighted by molar-refractivity contribution is -0.137. The van der Waals surface area contributed by atoms with E-state index in [9.17, 15) is 15.0 Å². The van der Waals surface area contributed by atoms with Gasteiger partial charge in [-0.1, -0.05) is 62.3 Å². The summed E-state index contributed by atoms with van der Waals surface area (Å²) in [6.45, 7) is 0. The Hall–Kier alpha value is -1.13. The van der Waals surface area contributed by atoms with Crippen LogP contribution in [-0.2, 0) is 4.79 Å². The van der Waals surface area contributed by atoms with Crippen molar-refractivity contribution in [3.63, 3.8) is 0 Å². The van der Waals surface area contributed by atoms with E-state index in [0.717, 1.165) is 44.4 Å². The second kappa shape index (κ2) is 10.6. The van der Waals surface area contributed by atoms with Crippen LogP contribution in [-0.4, -0.2) is 33.5 Å². The van der Waals surface area contributed by atoms with Gasteiger partial charge in [-0.2, -0.15) is 0 Å². The van der Waals surface area contributed by atoms with E-state index in [-0.39, 0.29) is 24.5 Å². The van der Waals surface area contributed by atoms with E-state index < -0.39 is 5.97 Å². The molecule has 0 amide bonds. The van der Waals surface area contributed by atoms with Gasteiger partial charge in [-0.05, 0) is 56.3 Å². The number of aliphatic hydroxyl groups is 2. The van der Waals surface area contributed by atoms with E-state index in [1.165, 1.54) is 37.7 Å². The summed E-state index contributed by atoms with van der Waals surface area (Å²) in [4.78, 5) is 10.6. The molecule has 3 fully saturated rings. The topological polar surface area (TPSA) is 77.8 Å². The minimum Gasteiger partial charge on any atom is -0.481 e. The van der Waals surface area contributed by atoms with Gasteiger partial charge in [0.2, 0.25) is 0 Å². The van der Waals surface area contributed by atoms with E-state index in [1.54, 1.807) is 0 Å². The Bertz CT molecular complexity index is 561. The fourth-order valence-electron chi connectivity index (χ4n) is 5.77. The number of hydrogen-bond donors (Lipinski definition) is 3. The van der Waals surface area contributed by atoms with Crippen LogP contribution in [0, 0.1) is 23.7 Å². The van der Waals surface area contributed by atoms with Gasteiger partial charge in [-0.25, -0.2) is 0 Å². The Balaban J connectivity index is 1.42. The monoisotopic (exact) mass is 390 g/mol. The molecule has 3 aliphatic rings. The molecular weight excluding hydrogens is 352 g/mol. The average molecular weight is 391 g/mol. The van der Waals surface area contributed by atoms with Gasteiger partial charge in [0.15, 0.2) is 0 Å². The zero-order valence-electron chi connectivity index (χ0n) is 17.1. The molecule has 0 spiro atoms. The summed E-state index contributed by atoms with van der Waals surface area (Å²) < 4.78 is 0. The number of unbranched alkanes of at least 4 members (excludes halogenated alkanes) is 1. The third-order valence-electron chi connectivity index (χ3n) is 7.28. The summed E-state index contributed by atoms with van der Waals surface area (Å²) in [5.74, 6) is 1.32. The molecule has 0 aromatic carbocycles. The maximum absolute atomic E-state index is 10.6. The molecule has 0 bridgehead atoms. The minimum absolute atomic E-state index is 0.152. The number of rotatable bonds is 10. The molecule has 0 aromatic heterocycles. The molecule has 0 aliphatic heterocycles. The molecule has 5 atom stereocenters. The molecule has 3 saturated carbocycles. The highest BCUT2D eigenvalue weighted by atomic mass is 16.4. The zero-order valence-corrected chi connectivity index (χ0v) is 17.1. The zero-order chi connectivity index (χ0) is 19.9. The van der Waals surface area contributed by atoms with E-state index in [0.29, 0.717) is 18.3 Å². The number of carbonyl (C=O) groups is 1. The molecule has 0 unspecified atom stereocenters. The normalized spacial score (nSPS) is 33.1. The van der Waals surface area contributed by atoms with E-state index in [2.05, 4.69) is 12.2 Å². The van der Waals surface area contributed by atoms with Gasteiger partial charge in [0.25, 0.3) is 0 Å². The molecule has 158 valence electrons. The van der Waals surface area contributed by atoms with Crippen LogP contribution < -0.4 is 0 Å². The van der Waals surface area contributed by atoms with Crippen LogP contribution in [0.3, 0.4) is 0 Å². The first kappa shape index (κ1) is 21.6. The van der Waals surface area contributed by atoms with Gasteiger partial charge in [0.05, 0.1) is 12.2 Å². The molecule has 3 N–H and O–H groups in total. The highest BCUT2D eigenvalue weighted by Gasteiger charge is 2.44. The lowest BCUT2D eigenvalue weighted by Crippen LogP contribution is -2.17. The number of aliphatic carboxylic acids is 1. The van der Waals surface area contributed by atoms with Gasteiger partial charge in [0.1, 0.15) is 0 Å². The SMILES string of the molecule is O=C(O)CCC/C=C1\C[C@@H]2C[C@@H](O)[C@H](/C=C/[C@H](O)CCCC3CCCC3)[C@H]2C1. The standard InChI is InChI=1S/C24H38O4/c25-20(10-5-9-17-6-1-2-7-17)12-13-21-22-15-18(8-3-4-11-24(27)28)14-19(22)16-23(21)26/h8,12-13,17,19-23,25-26H,1-7,9-11,14-16H2,(H,27,28)/b13-12+,18-8+/t19-,20-,21-,22+,23-/m1/s1. The Labute approximate surface area is 169 Å². The van der Waals surface area contributed by atoms with Crippen LogP contribution in [0.5, 0.6) is 0 Å². The first-order valence-electron chi connectivity index (χ1n) is 11.5. The summed E-state index contributed by atoms with van der Waals surface area (Å²) in [7, 11) is 0. The van der Waals surface area contributed by atoms with E-state index in [4.69, 9.17) is 5.11 Å². The molecule has 3 aliphatic carbocycles. The lowest BCUT2D eigenvalue weighted by atomic mass is 9.90. The number of carboxylic acids is 1. The third kappa shape index (κ3) is 6.18. The Morgan fingerprint density at radius 3 is 2.71 bits per heavy atom. The Morgan fingerprint density at radius 1 is 1.18 bits per heavy atom. The highest BCUT2D eigenvalue weighted by Crippen LogP contribution is 2.50. The first-order chi connectivity index (χ1) is 13.5. The second-order valence-corrected chi connectivity index (χ2v) is 9.39. The molecule has 0 radical (unpaired) electrons. The van der Waals surface area contributed by atoms with Gasteiger partial charge in [-0.15, -0.1) is 0 Å². The molecule has 4 nitrogen and oxygen atoms in total. The molecule has 0 aromatic rings. The predicted molar refractivity (Wildman–Crippen MR) is 111 cm³/mol. The Kier molecular flexibility index (Phi) is 8.16. The fourth-order valence-corrected chi connectivity index (χ4v) is 5.77. The molecular formula is C24H38O4. The van der Waals surface area contributed by atoms with Crippen LogP contribution in [0.1, 0.15) is 83.5 Å². The maximum atomic E-state index is 10.6. The van der Waals surface area contributed by atoms with Crippen molar-refractivity contribution in [2.24, 2.45) is 23.7 Å². The van der Waals surface area contributed by atoms with Gasteiger partial charge in [0, 0.05) is 12.3 Å². The lowest BCUT2D eigenvalue weighted by Gasteiger charge is -2.18. The van der Waals surface area contributed by atoms with Crippen LogP contribution in [0.25, 0.3) is 0 Å². The van der Waals surface area contributed by atoms with Crippen molar-refractivity contribution >= 4 is 5.97 Å². The van der Waals surface area contributed by atoms with Crippen LogP contribution >= 0.6 is 0 Å². The molecule has 0 saturated heterocycles. The van der Waals surface area contributed by atoms with E-state index in [1.807, 2.05) is 6.08 Å². The van der Waals surface area contributed by atoms with Crippen molar-refractivity contribution in [2.75, 3.05) is 0 Å². The smallest absolute Gasteiger partial charge is 0.303 e.